The summed E-state index contributed by atoms with van der Waals surface area (Å²) in [5.74, 6) is 0. The Hall–Kier alpha value is -0.350. The van der Waals surface area contributed by atoms with Gasteiger partial charge in [0.05, 0.1) is 4.34 Å². The maximum atomic E-state index is 10.0. The molecule has 1 atom stereocenters. The van der Waals surface area contributed by atoms with Crippen LogP contribution in [-0.4, -0.2) is 5.11 Å². The Morgan fingerprint density at radius 3 is 2.71 bits per heavy atom. The number of aryl methyl sites for hydroxylation is 1. The van der Waals surface area contributed by atoms with E-state index < -0.39 is 6.10 Å². The minimum atomic E-state index is -0.537. The molecule has 0 amide bonds. The van der Waals surface area contributed by atoms with Gasteiger partial charge in [0.1, 0.15) is 6.10 Å². The average Bonchev–Trinajstić information content (AvgIpc) is 2.73. The van der Waals surface area contributed by atoms with Crippen molar-refractivity contribution in [2.75, 3.05) is 0 Å². The topological polar surface area (TPSA) is 20.2 Å². The molecule has 0 saturated heterocycles. The van der Waals surface area contributed by atoms with Gasteiger partial charge in [-0.3, -0.25) is 0 Å². The van der Waals surface area contributed by atoms with E-state index >= 15 is 0 Å². The van der Waals surface area contributed by atoms with Crippen LogP contribution in [0.1, 0.15) is 22.1 Å². The fraction of sp³-hybridized carbons (Fsp3) is 0.200. The van der Waals surface area contributed by atoms with Crippen molar-refractivity contribution in [1.29, 1.82) is 0 Å². The van der Waals surface area contributed by atoms with Crippen molar-refractivity contribution in [2.24, 2.45) is 0 Å². The largest absolute Gasteiger partial charge is 0.384 e. The van der Waals surface area contributed by atoms with Gasteiger partial charge in [-0.05, 0) is 40.9 Å². The molecule has 0 radical (unpaired) electrons. The first kappa shape index (κ1) is 10.2. The Kier molecular flexibility index (Phi) is 2.93. The molecule has 2 rings (SSSR count). The molecule has 1 N–H and O–H groups in total. The van der Waals surface area contributed by atoms with Crippen LogP contribution in [0.25, 0.3) is 0 Å². The van der Waals surface area contributed by atoms with Crippen molar-refractivity contribution >= 4 is 34.3 Å². The van der Waals surface area contributed by atoms with Crippen molar-refractivity contribution in [3.05, 3.63) is 43.2 Å². The third kappa shape index (κ3) is 1.86. The lowest BCUT2D eigenvalue weighted by Gasteiger charge is -2.07. The van der Waals surface area contributed by atoms with Gasteiger partial charge in [0.2, 0.25) is 0 Å². The van der Waals surface area contributed by atoms with Crippen LogP contribution in [0.5, 0.6) is 0 Å². The highest BCUT2D eigenvalue weighted by Crippen LogP contribution is 2.31. The van der Waals surface area contributed by atoms with Gasteiger partial charge in [-0.15, -0.1) is 22.7 Å². The van der Waals surface area contributed by atoms with Crippen LogP contribution < -0.4 is 0 Å². The van der Waals surface area contributed by atoms with Crippen molar-refractivity contribution in [2.45, 2.75) is 13.0 Å². The molecule has 4 heteroatoms. The molecule has 0 aliphatic heterocycles. The van der Waals surface area contributed by atoms with Gasteiger partial charge in [-0.1, -0.05) is 11.6 Å². The zero-order valence-corrected chi connectivity index (χ0v) is 9.92. The third-order valence-corrected chi connectivity index (χ3v) is 4.07. The molecule has 0 bridgehead atoms. The molecule has 2 aromatic heterocycles. The maximum Gasteiger partial charge on any atom is 0.106 e. The highest BCUT2D eigenvalue weighted by molar-refractivity contribution is 7.14. The quantitative estimate of drug-likeness (QED) is 0.851. The van der Waals surface area contributed by atoms with E-state index in [1.54, 1.807) is 11.3 Å². The SMILES string of the molecule is Cc1sccc1C(O)c1csc(Cl)c1. The fourth-order valence-electron chi connectivity index (χ4n) is 1.32. The number of aliphatic hydroxyl groups excluding tert-OH is 1. The monoisotopic (exact) mass is 244 g/mol. The molecule has 1 nitrogen and oxygen atoms in total. The summed E-state index contributed by atoms with van der Waals surface area (Å²) in [6.45, 7) is 2.01. The summed E-state index contributed by atoms with van der Waals surface area (Å²) >= 11 is 8.90. The van der Waals surface area contributed by atoms with E-state index in [0.717, 1.165) is 16.0 Å². The summed E-state index contributed by atoms with van der Waals surface area (Å²) in [5.41, 5.74) is 1.85. The Balaban J connectivity index is 2.33. The van der Waals surface area contributed by atoms with Crippen LogP contribution in [0.2, 0.25) is 4.34 Å². The maximum absolute atomic E-state index is 10.0. The minimum absolute atomic E-state index is 0.537. The molecule has 1 unspecified atom stereocenters. The molecule has 14 heavy (non-hydrogen) atoms. The van der Waals surface area contributed by atoms with E-state index in [2.05, 4.69) is 0 Å². The fourth-order valence-corrected chi connectivity index (χ4v) is 2.97. The first-order valence-electron chi connectivity index (χ1n) is 4.14. The lowest BCUT2D eigenvalue weighted by atomic mass is 10.1. The van der Waals surface area contributed by atoms with E-state index in [1.807, 2.05) is 29.8 Å². The van der Waals surface area contributed by atoms with Crippen LogP contribution >= 0.6 is 34.3 Å². The highest BCUT2D eigenvalue weighted by Gasteiger charge is 2.14. The molecule has 0 fully saturated rings. The molecule has 2 heterocycles. The summed E-state index contributed by atoms with van der Waals surface area (Å²) in [5, 5.41) is 13.9. The lowest BCUT2D eigenvalue weighted by molar-refractivity contribution is 0.220. The Labute approximate surface area is 95.6 Å². The van der Waals surface area contributed by atoms with Crippen LogP contribution in [0, 0.1) is 6.92 Å². The van der Waals surface area contributed by atoms with Crippen LogP contribution in [0.15, 0.2) is 22.9 Å². The van der Waals surface area contributed by atoms with Gasteiger partial charge in [0.25, 0.3) is 0 Å². The lowest BCUT2D eigenvalue weighted by Crippen LogP contribution is -1.97. The van der Waals surface area contributed by atoms with Crippen molar-refractivity contribution in [3.8, 4) is 0 Å². The second kappa shape index (κ2) is 4.03. The molecule has 0 saturated carbocycles. The third-order valence-electron chi connectivity index (χ3n) is 2.10. The summed E-state index contributed by atoms with van der Waals surface area (Å²) in [6.07, 6.45) is -0.537. The van der Waals surface area contributed by atoms with Gasteiger partial charge in [0, 0.05) is 4.88 Å². The summed E-state index contributed by atoms with van der Waals surface area (Å²) in [6, 6.07) is 3.77. The van der Waals surface area contributed by atoms with Gasteiger partial charge in [-0.25, -0.2) is 0 Å². The van der Waals surface area contributed by atoms with Gasteiger partial charge in [0.15, 0.2) is 0 Å². The molecule has 0 aromatic carbocycles. The summed E-state index contributed by atoms with van der Waals surface area (Å²) in [4.78, 5) is 1.15. The van der Waals surface area contributed by atoms with E-state index in [9.17, 15) is 5.11 Å². The minimum Gasteiger partial charge on any atom is -0.384 e. The van der Waals surface area contributed by atoms with Crippen molar-refractivity contribution in [1.82, 2.24) is 0 Å². The molecule has 0 aliphatic carbocycles. The summed E-state index contributed by atoms with van der Waals surface area (Å²) in [7, 11) is 0. The van der Waals surface area contributed by atoms with E-state index in [1.165, 1.54) is 11.3 Å². The van der Waals surface area contributed by atoms with Crippen molar-refractivity contribution < 1.29 is 5.11 Å². The van der Waals surface area contributed by atoms with Crippen LogP contribution in [-0.2, 0) is 0 Å². The number of aliphatic hydroxyl groups is 1. The normalized spacial score (nSPS) is 13.1. The zero-order chi connectivity index (χ0) is 10.1. The smallest absolute Gasteiger partial charge is 0.106 e. The zero-order valence-electron chi connectivity index (χ0n) is 7.53. The molecular formula is C10H9ClOS2. The van der Waals surface area contributed by atoms with E-state index in [-0.39, 0.29) is 0 Å². The molecule has 0 aliphatic rings. The number of rotatable bonds is 2. The number of hydrogen-bond donors (Lipinski definition) is 1. The summed E-state index contributed by atoms with van der Waals surface area (Å²) < 4.78 is 0.715. The van der Waals surface area contributed by atoms with Gasteiger partial charge in [-0.2, -0.15) is 0 Å². The Morgan fingerprint density at radius 1 is 1.43 bits per heavy atom. The predicted molar refractivity (Wildman–Crippen MR) is 62.4 cm³/mol. The second-order valence-electron chi connectivity index (χ2n) is 3.02. The number of thiophene rings is 2. The Morgan fingerprint density at radius 2 is 2.21 bits per heavy atom. The van der Waals surface area contributed by atoms with Crippen molar-refractivity contribution in [3.63, 3.8) is 0 Å². The molecule has 2 aromatic rings. The standard InChI is InChI=1S/C10H9ClOS2/c1-6-8(2-3-13-6)10(12)7-4-9(11)14-5-7/h2-5,10,12H,1H3. The van der Waals surface area contributed by atoms with Gasteiger partial charge < -0.3 is 5.11 Å². The average molecular weight is 245 g/mol. The molecule has 0 spiro atoms. The predicted octanol–water partition coefficient (Wildman–Crippen LogP) is 3.85. The molecular weight excluding hydrogens is 236 g/mol. The number of hydrogen-bond acceptors (Lipinski definition) is 3. The van der Waals surface area contributed by atoms with Crippen LogP contribution in [0.3, 0.4) is 0 Å². The molecule has 74 valence electrons. The van der Waals surface area contributed by atoms with E-state index in [4.69, 9.17) is 11.6 Å². The first-order valence-corrected chi connectivity index (χ1v) is 6.28. The highest BCUT2D eigenvalue weighted by atomic mass is 35.5. The second-order valence-corrected chi connectivity index (χ2v) is 5.68. The van der Waals surface area contributed by atoms with Gasteiger partial charge >= 0.3 is 0 Å². The van der Waals surface area contributed by atoms with E-state index in [0.29, 0.717) is 4.34 Å². The first-order chi connectivity index (χ1) is 6.68. The Bertz CT molecular complexity index is 433. The van der Waals surface area contributed by atoms with Crippen LogP contribution in [0.4, 0.5) is 0 Å². The number of halogens is 1.